The predicted octanol–water partition coefficient (Wildman–Crippen LogP) is 7.31. The van der Waals surface area contributed by atoms with Crippen LogP contribution in [0.2, 0.25) is 0 Å². The van der Waals surface area contributed by atoms with Gasteiger partial charge < -0.3 is 15.7 Å². The van der Waals surface area contributed by atoms with Gasteiger partial charge in [-0.25, -0.2) is 4.79 Å². The van der Waals surface area contributed by atoms with Crippen LogP contribution in [0.4, 0.5) is 10.7 Å². The first kappa shape index (κ1) is 27.3. The number of aromatic carboxylic acids is 1. The Labute approximate surface area is 238 Å². The minimum atomic E-state index is -0.916. The molecule has 0 radical (unpaired) electrons. The Morgan fingerprint density at radius 1 is 0.800 bits per heavy atom. The van der Waals surface area contributed by atoms with E-state index < -0.39 is 5.97 Å². The number of carbonyl (C=O) groups excluding carboxylic acids is 2. The van der Waals surface area contributed by atoms with E-state index in [0.717, 1.165) is 61.6 Å². The molecule has 204 valence electrons. The van der Waals surface area contributed by atoms with Crippen molar-refractivity contribution in [2.75, 3.05) is 10.6 Å². The summed E-state index contributed by atoms with van der Waals surface area (Å²) in [5, 5.41) is 15.7. The summed E-state index contributed by atoms with van der Waals surface area (Å²) in [7, 11) is 0. The van der Waals surface area contributed by atoms with Gasteiger partial charge in [0, 0.05) is 16.1 Å². The number of hydrogen-bond donors (Lipinski definition) is 3. The first-order chi connectivity index (χ1) is 19.4. The molecule has 3 N–H and O–H groups in total. The Balaban J connectivity index is 1.24. The van der Waals surface area contributed by atoms with Crippen molar-refractivity contribution < 1.29 is 19.5 Å². The maximum atomic E-state index is 13.5. The summed E-state index contributed by atoms with van der Waals surface area (Å²) in [6.07, 6.45) is 6.57. The molecule has 2 amide bonds. The van der Waals surface area contributed by atoms with E-state index >= 15 is 0 Å². The van der Waals surface area contributed by atoms with Gasteiger partial charge in [0.25, 0.3) is 11.8 Å². The quantitative estimate of drug-likeness (QED) is 0.203. The number of amides is 2. The van der Waals surface area contributed by atoms with Crippen LogP contribution in [0, 0.1) is 6.92 Å². The summed E-state index contributed by atoms with van der Waals surface area (Å²) >= 11 is 1.52. The van der Waals surface area contributed by atoms with Gasteiger partial charge in [0.15, 0.2) is 0 Å². The van der Waals surface area contributed by atoms with Gasteiger partial charge in [-0.1, -0.05) is 42.0 Å². The highest BCUT2D eigenvalue weighted by atomic mass is 32.1. The molecule has 0 bridgehead atoms. The van der Waals surface area contributed by atoms with Crippen LogP contribution in [0.15, 0.2) is 72.8 Å². The summed E-state index contributed by atoms with van der Waals surface area (Å²) in [4.78, 5) is 38.7. The Morgan fingerprint density at radius 3 is 2.15 bits per heavy atom. The van der Waals surface area contributed by atoms with Crippen LogP contribution < -0.4 is 10.6 Å². The predicted molar refractivity (Wildman–Crippen MR) is 160 cm³/mol. The van der Waals surface area contributed by atoms with Crippen molar-refractivity contribution in [3.63, 3.8) is 0 Å². The lowest BCUT2D eigenvalue weighted by Gasteiger charge is -2.14. The van der Waals surface area contributed by atoms with Crippen molar-refractivity contribution in [1.29, 1.82) is 0 Å². The molecule has 0 atom stereocenters. The summed E-state index contributed by atoms with van der Waals surface area (Å²) in [5.74, 6) is -1.32. The van der Waals surface area contributed by atoms with E-state index in [1.807, 2.05) is 61.5 Å². The average Bonchev–Trinajstić information content (AvgIpc) is 3.32. The van der Waals surface area contributed by atoms with Crippen LogP contribution in [0.25, 0.3) is 0 Å². The van der Waals surface area contributed by atoms with Gasteiger partial charge >= 0.3 is 5.97 Å². The zero-order chi connectivity index (χ0) is 28.1. The number of aryl methyl sites for hydroxylation is 4. The van der Waals surface area contributed by atoms with E-state index in [4.69, 9.17) is 5.11 Å². The smallest absolute Gasteiger partial charge is 0.335 e. The summed E-state index contributed by atoms with van der Waals surface area (Å²) < 4.78 is 0. The van der Waals surface area contributed by atoms with Crippen LogP contribution in [0.3, 0.4) is 0 Å². The molecule has 0 saturated heterocycles. The maximum Gasteiger partial charge on any atom is 0.335 e. The van der Waals surface area contributed by atoms with Crippen molar-refractivity contribution in [2.45, 2.75) is 51.9 Å². The number of thiophene rings is 1. The molecule has 7 heteroatoms. The largest absolute Gasteiger partial charge is 0.478 e. The topological polar surface area (TPSA) is 95.5 Å². The second-order valence-corrected chi connectivity index (χ2v) is 11.4. The number of nitrogens with one attached hydrogen (secondary N) is 2. The van der Waals surface area contributed by atoms with E-state index in [9.17, 15) is 14.4 Å². The van der Waals surface area contributed by atoms with Gasteiger partial charge in [-0.05, 0) is 105 Å². The molecule has 0 unspecified atom stereocenters. The molecule has 1 heterocycles. The number of carbonyl (C=O) groups is 3. The van der Waals surface area contributed by atoms with Crippen LogP contribution in [-0.2, 0) is 25.7 Å². The van der Waals surface area contributed by atoms with Crippen molar-refractivity contribution >= 4 is 39.8 Å². The van der Waals surface area contributed by atoms with Gasteiger partial charge in [-0.3, -0.25) is 9.59 Å². The monoisotopic (exact) mass is 552 g/mol. The molecule has 5 rings (SSSR count). The molecule has 1 aliphatic rings. The molecule has 4 aromatic rings. The molecular weight excluding hydrogens is 520 g/mol. The van der Waals surface area contributed by atoms with Crippen molar-refractivity contribution in [1.82, 2.24) is 0 Å². The zero-order valence-corrected chi connectivity index (χ0v) is 23.3. The van der Waals surface area contributed by atoms with Gasteiger partial charge in [0.05, 0.1) is 11.1 Å². The zero-order valence-electron chi connectivity index (χ0n) is 22.5. The van der Waals surface area contributed by atoms with Crippen LogP contribution in [-0.4, -0.2) is 22.9 Å². The summed E-state index contributed by atoms with van der Waals surface area (Å²) in [5.41, 5.74) is 6.51. The fourth-order valence-electron chi connectivity index (χ4n) is 5.11. The Kier molecular flexibility index (Phi) is 8.41. The Hall–Kier alpha value is -4.23. The maximum absolute atomic E-state index is 13.5. The molecular formula is C33H32N2O4S. The molecule has 1 aromatic heterocycles. The second kappa shape index (κ2) is 12.3. The molecule has 0 fully saturated rings. The number of carboxylic acids is 1. The second-order valence-electron chi connectivity index (χ2n) is 10.2. The highest BCUT2D eigenvalue weighted by molar-refractivity contribution is 7.17. The van der Waals surface area contributed by atoms with Crippen molar-refractivity contribution in [3.05, 3.63) is 117 Å². The number of fused-ring (bicyclic) bond motifs is 1. The van der Waals surface area contributed by atoms with Crippen molar-refractivity contribution in [3.8, 4) is 0 Å². The van der Waals surface area contributed by atoms with Gasteiger partial charge in [0.1, 0.15) is 5.00 Å². The number of carboxylic acid groups (broad SMARTS) is 1. The SMILES string of the molecule is Cc1cccc(C(=O)Nc2sc3c(c2C(=O)Nc2ccc(CCCc4ccc(C(=O)O)cc4)cc2)CCCC3)c1. The summed E-state index contributed by atoms with van der Waals surface area (Å²) in [6, 6.07) is 22.3. The fourth-order valence-corrected chi connectivity index (χ4v) is 6.40. The highest BCUT2D eigenvalue weighted by Gasteiger charge is 2.26. The normalized spacial score (nSPS) is 12.4. The summed E-state index contributed by atoms with van der Waals surface area (Å²) in [6.45, 7) is 1.95. The number of hydrogen-bond acceptors (Lipinski definition) is 4. The number of rotatable bonds is 9. The van der Waals surface area contributed by atoms with E-state index in [1.54, 1.807) is 18.2 Å². The van der Waals surface area contributed by atoms with E-state index in [1.165, 1.54) is 21.8 Å². The third-order valence-corrected chi connectivity index (χ3v) is 8.46. The van der Waals surface area contributed by atoms with Crippen LogP contribution >= 0.6 is 11.3 Å². The third kappa shape index (κ3) is 6.49. The van der Waals surface area contributed by atoms with E-state index in [0.29, 0.717) is 27.4 Å². The first-order valence-corrected chi connectivity index (χ1v) is 14.4. The van der Waals surface area contributed by atoms with Crippen LogP contribution in [0.1, 0.15) is 77.5 Å². The van der Waals surface area contributed by atoms with Crippen LogP contribution in [0.5, 0.6) is 0 Å². The minimum Gasteiger partial charge on any atom is -0.478 e. The number of anilines is 2. The van der Waals surface area contributed by atoms with Crippen molar-refractivity contribution in [2.24, 2.45) is 0 Å². The first-order valence-electron chi connectivity index (χ1n) is 13.6. The molecule has 0 spiro atoms. The standard InChI is InChI=1S/C33H32N2O4S/c1-21-6-4-9-25(20-21)30(36)35-32-29(27-10-2-3-11-28(27)40-32)31(37)34-26-18-14-23(15-19-26)8-5-7-22-12-16-24(17-13-22)33(38)39/h4,6,9,12-20H,2-3,5,7-8,10-11H2,1H3,(H,34,37)(H,35,36)(H,38,39). The average molecular weight is 553 g/mol. The molecule has 40 heavy (non-hydrogen) atoms. The van der Waals surface area contributed by atoms with Gasteiger partial charge in [-0.2, -0.15) is 0 Å². The number of benzene rings is 3. The minimum absolute atomic E-state index is 0.198. The Morgan fingerprint density at radius 2 is 1.48 bits per heavy atom. The van der Waals surface area contributed by atoms with E-state index in [-0.39, 0.29) is 11.8 Å². The lowest BCUT2D eigenvalue weighted by molar-refractivity contribution is 0.0696. The highest BCUT2D eigenvalue weighted by Crippen LogP contribution is 2.39. The third-order valence-electron chi connectivity index (χ3n) is 7.25. The van der Waals surface area contributed by atoms with Gasteiger partial charge in [0.2, 0.25) is 0 Å². The lowest BCUT2D eigenvalue weighted by Crippen LogP contribution is -2.18. The molecule has 0 aliphatic heterocycles. The van der Waals surface area contributed by atoms with Gasteiger partial charge in [-0.15, -0.1) is 11.3 Å². The van der Waals surface area contributed by atoms with E-state index in [2.05, 4.69) is 10.6 Å². The molecule has 3 aromatic carbocycles. The fraction of sp³-hybridized carbons (Fsp3) is 0.242. The molecule has 0 saturated carbocycles. The molecule has 1 aliphatic carbocycles. The molecule has 6 nitrogen and oxygen atoms in total. The lowest BCUT2D eigenvalue weighted by atomic mass is 9.95. The Bertz CT molecular complexity index is 1540.